The van der Waals surface area contributed by atoms with Crippen LogP contribution in [-0.2, 0) is 4.43 Å². The van der Waals surface area contributed by atoms with Gasteiger partial charge in [0.1, 0.15) is 0 Å². The number of benzene rings is 1. The monoisotopic (exact) mass is 236 g/mol. The summed E-state index contributed by atoms with van der Waals surface area (Å²) >= 11 is 0. The highest BCUT2D eigenvalue weighted by Crippen LogP contribution is 2.16. The fourth-order valence-corrected chi connectivity index (χ4v) is 5.11. The van der Waals surface area contributed by atoms with E-state index < -0.39 is 8.32 Å². The lowest BCUT2D eigenvalue weighted by Gasteiger charge is -2.27. The van der Waals surface area contributed by atoms with Crippen LogP contribution in [0.25, 0.3) is 0 Å². The topological polar surface area (TPSA) is 9.23 Å². The van der Waals surface area contributed by atoms with Crippen molar-refractivity contribution in [2.24, 2.45) is 0 Å². The maximum Gasteiger partial charge on any atom is 0.221 e. The van der Waals surface area contributed by atoms with Crippen molar-refractivity contribution in [3.05, 3.63) is 30.3 Å². The minimum atomic E-state index is -1.67. The summed E-state index contributed by atoms with van der Waals surface area (Å²) in [6.07, 6.45) is 3.65. The summed E-state index contributed by atoms with van der Waals surface area (Å²) in [7, 11) is -1.67. The summed E-state index contributed by atoms with van der Waals surface area (Å²) in [5, 5.41) is 1.44. The molecule has 90 valence electrons. The Morgan fingerprint density at radius 3 is 2.31 bits per heavy atom. The van der Waals surface area contributed by atoms with Gasteiger partial charge in [-0.05, 0) is 24.2 Å². The van der Waals surface area contributed by atoms with E-state index in [1.54, 1.807) is 0 Å². The van der Waals surface area contributed by atoms with E-state index in [1.165, 1.54) is 24.1 Å². The van der Waals surface area contributed by atoms with E-state index in [-0.39, 0.29) is 0 Å². The average molecular weight is 236 g/mol. The van der Waals surface area contributed by atoms with E-state index in [4.69, 9.17) is 4.43 Å². The van der Waals surface area contributed by atoms with Gasteiger partial charge >= 0.3 is 0 Å². The van der Waals surface area contributed by atoms with Crippen LogP contribution < -0.4 is 5.19 Å². The summed E-state index contributed by atoms with van der Waals surface area (Å²) < 4.78 is 6.21. The molecule has 2 heteroatoms. The minimum Gasteiger partial charge on any atom is -0.413 e. The first-order chi connectivity index (χ1) is 7.73. The highest BCUT2D eigenvalue weighted by molar-refractivity contribution is 6.85. The second-order valence-electron chi connectivity index (χ2n) is 4.55. The Kier molecular flexibility index (Phi) is 5.78. The van der Waals surface area contributed by atoms with Gasteiger partial charge in [-0.1, -0.05) is 57.0 Å². The van der Waals surface area contributed by atoms with Crippen LogP contribution in [0.4, 0.5) is 0 Å². The van der Waals surface area contributed by atoms with E-state index in [2.05, 4.69) is 50.7 Å². The van der Waals surface area contributed by atoms with Gasteiger partial charge in [0.2, 0.25) is 8.32 Å². The molecule has 0 saturated heterocycles. The summed E-state index contributed by atoms with van der Waals surface area (Å²) in [5.74, 6) is 0. The van der Waals surface area contributed by atoms with Gasteiger partial charge in [0.05, 0.1) is 0 Å². The predicted octanol–water partition coefficient (Wildman–Crippen LogP) is 3.70. The van der Waals surface area contributed by atoms with Crippen molar-refractivity contribution in [1.29, 1.82) is 0 Å². The van der Waals surface area contributed by atoms with Gasteiger partial charge in [0.15, 0.2) is 0 Å². The molecule has 0 spiro atoms. The molecule has 0 aliphatic heterocycles. The van der Waals surface area contributed by atoms with E-state index in [0.29, 0.717) is 0 Å². The molecule has 1 unspecified atom stereocenters. The molecular formula is C14H24OSi. The van der Waals surface area contributed by atoms with Gasteiger partial charge in [-0.15, -0.1) is 0 Å². The van der Waals surface area contributed by atoms with E-state index >= 15 is 0 Å². The van der Waals surface area contributed by atoms with Crippen LogP contribution in [0.15, 0.2) is 30.3 Å². The first kappa shape index (κ1) is 13.5. The Balaban J connectivity index is 2.77. The molecule has 0 bridgehead atoms. The van der Waals surface area contributed by atoms with Gasteiger partial charge in [-0.2, -0.15) is 0 Å². The molecule has 0 aliphatic rings. The first-order valence-corrected chi connectivity index (χ1v) is 9.04. The standard InChI is InChI=1S/C14H24OSi/c1-4-6-13-16(3,15-12-5-2)14-10-8-7-9-11-14/h7-11H,4-6,12-13H2,1-3H3. The van der Waals surface area contributed by atoms with E-state index in [9.17, 15) is 0 Å². The Morgan fingerprint density at radius 2 is 1.75 bits per heavy atom. The summed E-state index contributed by atoms with van der Waals surface area (Å²) in [5.41, 5.74) is 0. The zero-order valence-corrected chi connectivity index (χ0v) is 11.8. The molecule has 1 aromatic rings. The summed E-state index contributed by atoms with van der Waals surface area (Å²) in [4.78, 5) is 0. The van der Waals surface area contributed by atoms with Crippen LogP contribution in [-0.4, -0.2) is 14.9 Å². The third-order valence-electron chi connectivity index (χ3n) is 3.02. The lowest BCUT2D eigenvalue weighted by Crippen LogP contribution is -2.47. The van der Waals surface area contributed by atoms with Crippen LogP contribution in [0, 0.1) is 0 Å². The average Bonchev–Trinajstić information content (AvgIpc) is 2.35. The third-order valence-corrected chi connectivity index (χ3v) is 6.72. The molecular weight excluding hydrogens is 212 g/mol. The normalized spacial score (nSPS) is 14.7. The van der Waals surface area contributed by atoms with Gasteiger partial charge in [0.25, 0.3) is 0 Å². The van der Waals surface area contributed by atoms with Gasteiger partial charge in [0, 0.05) is 6.61 Å². The van der Waals surface area contributed by atoms with Crippen molar-refractivity contribution < 1.29 is 4.43 Å². The molecule has 1 atom stereocenters. The maximum absolute atomic E-state index is 6.21. The van der Waals surface area contributed by atoms with E-state index in [1.807, 2.05) is 0 Å². The molecule has 1 aromatic carbocycles. The SMILES string of the molecule is CCCC[Si](C)(OCCC)c1ccccc1. The fraction of sp³-hybridized carbons (Fsp3) is 0.571. The van der Waals surface area contributed by atoms with Crippen LogP contribution in [0.2, 0.25) is 12.6 Å². The number of hydrogen-bond donors (Lipinski definition) is 0. The molecule has 0 N–H and O–H groups in total. The molecule has 0 aliphatic carbocycles. The van der Waals surface area contributed by atoms with Gasteiger partial charge < -0.3 is 4.43 Å². The van der Waals surface area contributed by atoms with Crippen LogP contribution in [0.3, 0.4) is 0 Å². The zero-order valence-electron chi connectivity index (χ0n) is 10.8. The van der Waals surface area contributed by atoms with Crippen LogP contribution in [0.5, 0.6) is 0 Å². The molecule has 0 radical (unpaired) electrons. The minimum absolute atomic E-state index is 0.904. The highest BCUT2D eigenvalue weighted by atomic mass is 28.4. The smallest absolute Gasteiger partial charge is 0.221 e. The number of hydrogen-bond acceptors (Lipinski definition) is 1. The molecule has 1 rings (SSSR count). The number of rotatable bonds is 7. The Bertz CT molecular complexity index is 276. The lowest BCUT2D eigenvalue weighted by molar-refractivity contribution is 0.310. The van der Waals surface area contributed by atoms with Crippen molar-refractivity contribution >= 4 is 13.5 Å². The predicted molar refractivity (Wildman–Crippen MR) is 73.7 cm³/mol. The molecule has 0 fully saturated rings. The Hall–Kier alpha value is -0.603. The van der Waals surface area contributed by atoms with Gasteiger partial charge in [-0.25, -0.2) is 0 Å². The molecule has 1 nitrogen and oxygen atoms in total. The second-order valence-corrected chi connectivity index (χ2v) is 8.38. The molecule has 0 amide bonds. The lowest BCUT2D eigenvalue weighted by atomic mass is 10.4. The Morgan fingerprint density at radius 1 is 1.06 bits per heavy atom. The van der Waals surface area contributed by atoms with Crippen LogP contribution in [0.1, 0.15) is 33.1 Å². The molecule has 0 saturated carbocycles. The Labute approximate surface area is 101 Å². The zero-order chi connectivity index (χ0) is 11.9. The largest absolute Gasteiger partial charge is 0.413 e. The summed E-state index contributed by atoms with van der Waals surface area (Å²) in [6, 6.07) is 12.0. The fourth-order valence-electron chi connectivity index (χ4n) is 1.93. The molecule has 0 heterocycles. The van der Waals surface area contributed by atoms with Crippen molar-refractivity contribution in [1.82, 2.24) is 0 Å². The third kappa shape index (κ3) is 3.76. The molecule has 0 aromatic heterocycles. The second kappa shape index (κ2) is 6.87. The van der Waals surface area contributed by atoms with E-state index in [0.717, 1.165) is 13.0 Å². The quantitative estimate of drug-likeness (QED) is 0.656. The highest BCUT2D eigenvalue weighted by Gasteiger charge is 2.30. The van der Waals surface area contributed by atoms with Crippen molar-refractivity contribution in [2.75, 3.05) is 6.61 Å². The number of unbranched alkanes of at least 4 members (excludes halogenated alkanes) is 1. The summed E-state index contributed by atoms with van der Waals surface area (Å²) in [6.45, 7) is 7.69. The molecule has 16 heavy (non-hydrogen) atoms. The first-order valence-electron chi connectivity index (χ1n) is 6.42. The van der Waals surface area contributed by atoms with Crippen molar-refractivity contribution in [3.8, 4) is 0 Å². The van der Waals surface area contributed by atoms with Crippen molar-refractivity contribution in [2.45, 2.75) is 45.7 Å². The van der Waals surface area contributed by atoms with Gasteiger partial charge in [-0.3, -0.25) is 0 Å². The van der Waals surface area contributed by atoms with Crippen LogP contribution >= 0.6 is 0 Å². The maximum atomic E-state index is 6.21. The van der Waals surface area contributed by atoms with Crippen molar-refractivity contribution in [3.63, 3.8) is 0 Å².